The minimum absolute atomic E-state index is 0.349. The number of para-hydroxylation sites is 2. The van der Waals surface area contributed by atoms with E-state index in [0.717, 1.165) is 16.9 Å². The van der Waals surface area contributed by atoms with Gasteiger partial charge in [0.05, 0.1) is 12.3 Å². The van der Waals surface area contributed by atoms with E-state index in [9.17, 15) is 14.4 Å². The van der Waals surface area contributed by atoms with Crippen molar-refractivity contribution in [2.45, 2.75) is 25.8 Å². The number of carbonyl (C=O) groups is 3. The Labute approximate surface area is 163 Å². The maximum Gasteiger partial charge on any atom is 0.325 e. The van der Waals surface area contributed by atoms with Gasteiger partial charge in [-0.1, -0.05) is 49.4 Å². The summed E-state index contributed by atoms with van der Waals surface area (Å²) in [6.45, 7) is 2.17. The van der Waals surface area contributed by atoms with Crippen molar-refractivity contribution < 1.29 is 19.1 Å². The Bertz CT molecular complexity index is 854. The summed E-state index contributed by atoms with van der Waals surface area (Å²) < 4.78 is 5.61. The summed E-state index contributed by atoms with van der Waals surface area (Å²) in [7, 11) is 0. The molecule has 2 aromatic rings. The lowest BCUT2D eigenvalue weighted by Crippen LogP contribution is -2.38. The number of amides is 4. The molecule has 1 aliphatic heterocycles. The molecule has 0 bridgehead atoms. The highest BCUT2D eigenvalue weighted by atomic mass is 16.5. The number of imide groups is 1. The maximum atomic E-state index is 12.6. The summed E-state index contributed by atoms with van der Waals surface area (Å²) in [6.07, 6.45) is 1.23. The molecule has 1 atom stereocenters. The quantitative estimate of drug-likeness (QED) is 0.688. The number of urea groups is 1. The molecule has 28 heavy (non-hydrogen) atoms. The summed E-state index contributed by atoms with van der Waals surface area (Å²) in [6, 6.07) is 15.3. The normalized spacial score (nSPS) is 16.0. The van der Waals surface area contributed by atoms with Gasteiger partial charge in [0.1, 0.15) is 18.3 Å². The first-order chi connectivity index (χ1) is 13.6. The van der Waals surface area contributed by atoms with Crippen LogP contribution in [0.25, 0.3) is 0 Å². The molecule has 0 spiro atoms. The molecule has 7 nitrogen and oxygen atoms in total. The summed E-state index contributed by atoms with van der Waals surface area (Å²) >= 11 is 0. The Morgan fingerprint density at radius 3 is 2.57 bits per heavy atom. The highest BCUT2D eigenvalue weighted by Gasteiger charge is 2.38. The predicted octanol–water partition coefficient (Wildman–Crippen LogP) is 2.58. The molecular formula is C21H23N3O4. The monoisotopic (exact) mass is 381 g/mol. The molecule has 1 unspecified atom stereocenters. The van der Waals surface area contributed by atoms with Crippen LogP contribution in [-0.4, -0.2) is 41.9 Å². The van der Waals surface area contributed by atoms with Crippen LogP contribution in [0.5, 0.6) is 5.75 Å². The second-order valence-electron chi connectivity index (χ2n) is 6.51. The van der Waals surface area contributed by atoms with Crippen LogP contribution in [0.15, 0.2) is 54.6 Å². The standard InChI is InChI=1S/C21H23N3O4/c1-2-12-28-18-11-7-6-10-16(18)22-19(25)14-24-20(26)17(23-21(24)27)13-15-8-4-3-5-9-15/h3-11,17H,2,12-14H2,1H3,(H,22,25)(H,23,27). The van der Waals surface area contributed by atoms with E-state index in [1.165, 1.54) is 0 Å². The minimum Gasteiger partial charge on any atom is -0.491 e. The molecule has 0 radical (unpaired) electrons. The third kappa shape index (κ3) is 4.68. The van der Waals surface area contributed by atoms with Gasteiger partial charge in [-0.05, 0) is 24.1 Å². The van der Waals surface area contributed by atoms with Gasteiger partial charge in [0.2, 0.25) is 5.91 Å². The molecule has 0 saturated carbocycles. The Balaban J connectivity index is 1.61. The van der Waals surface area contributed by atoms with Gasteiger partial charge < -0.3 is 15.4 Å². The Hall–Kier alpha value is -3.35. The largest absolute Gasteiger partial charge is 0.491 e. The van der Waals surface area contributed by atoms with Crippen molar-refractivity contribution in [2.75, 3.05) is 18.5 Å². The molecule has 2 N–H and O–H groups in total. The number of rotatable bonds is 8. The van der Waals surface area contributed by atoms with E-state index in [1.54, 1.807) is 18.2 Å². The van der Waals surface area contributed by atoms with E-state index >= 15 is 0 Å². The van der Waals surface area contributed by atoms with Gasteiger partial charge in [-0.2, -0.15) is 0 Å². The van der Waals surface area contributed by atoms with Crippen molar-refractivity contribution in [1.82, 2.24) is 10.2 Å². The molecule has 4 amide bonds. The molecule has 1 saturated heterocycles. The lowest BCUT2D eigenvalue weighted by Gasteiger charge is -2.15. The zero-order valence-electron chi connectivity index (χ0n) is 15.7. The molecule has 7 heteroatoms. The van der Waals surface area contributed by atoms with Gasteiger partial charge in [-0.3, -0.25) is 14.5 Å². The van der Waals surface area contributed by atoms with Crippen LogP contribution in [0.2, 0.25) is 0 Å². The van der Waals surface area contributed by atoms with Crippen molar-refractivity contribution in [3.63, 3.8) is 0 Å². The molecule has 1 fully saturated rings. The lowest BCUT2D eigenvalue weighted by molar-refractivity contribution is -0.130. The fraction of sp³-hybridized carbons (Fsp3) is 0.286. The molecule has 0 aliphatic carbocycles. The molecular weight excluding hydrogens is 358 g/mol. The van der Waals surface area contributed by atoms with Crippen molar-refractivity contribution in [1.29, 1.82) is 0 Å². The van der Waals surface area contributed by atoms with E-state index in [-0.39, 0.29) is 6.54 Å². The summed E-state index contributed by atoms with van der Waals surface area (Å²) in [4.78, 5) is 38.1. The number of hydrogen-bond donors (Lipinski definition) is 2. The zero-order valence-corrected chi connectivity index (χ0v) is 15.7. The number of anilines is 1. The number of benzene rings is 2. The molecule has 1 heterocycles. The van der Waals surface area contributed by atoms with Crippen molar-refractivity contribution in [3.05, 3.63) is 60.2 Å². The van der Waals surface area contributed by atoms with E-state index in [0.29, 0.717) is 24.5 Å². The third-order valence-corrected chi connectivity index (χ3v) is 4.31. The number of carbonyl (C=O) groups excluding carboxylic acids is 3. The Morgan fingerprint density at radius 1 is 1.11 bits per heavy atom. The van der Waals surface area contributed by atoms with Crippen LogP contribution < -0.4 is 15.4 Å². The molecule has 146 valence electrons. The molecule has 1 aliphatic rings. The highest BCUT2D eigenvalue weighted by Crippen LogP contribution is 2.24. The van der Waals surface area contributed by atoms with Gasteiger partial charge in [0.25, 0.3) is 5.91 Å². The molecule has 0 aromatic heterocycles. The second-order valence-corrected chi connectivity index (χ2v) is 6.51. The fourth-order valence-corrected chi connectivity index (χ4v) is 2.96. The number of nitrogens with one attached hydrogen (secondary N) is 2. The minimum atomic E-state index is -0.664. The van der Waals surface area contributed by atoms with Crippen LogP contribution in [0.4, 0.5) is 10.5 Å². The van der Waals surface area contributed by atoms with Gasteiger partial charge >= 0.3 is 6.03 Å². The van der Waals surface area contributed by atoms with Crippen molar-refractivity contribution in [3.8, 4) is 5.75 Å². The summed E-state index contributed by atoms with van der Waals surface area (Å²) in [5.74, 6) is -0.312. The van der Waals surface area contributed by atoms with Crippen molar-refractivity contribution in [2.24, 2.45) is 0 Å². The SMILES string of the molecule is CCCOc1ccccc1NC(=O)CN1C(=O)NC(Cc2ccccc2)C1=O. The number of ether oxygens (including phenoxy) is 1. The fourth-order valence-electron chi connectivity index (χ4n) is 2.96. The maximum absolute atomic E-state index is 12.6. The first-order valence-electron chi connectivity index (χ1n) is 9.26. The Morgan fingerprint density at radius 2 is 1.82 bits per heavy atom. The second kappa shape index (κ2) is 9.03. The third-order valence-electron chi connectivity index (χ3n) is 4.31. The van der Waals surface area contributed by atoms with Gasteiger partial charge in [-0.15, -0.1) is 0 Å². The van der Waals surface area contributed by atoms with Crippen LogP contribution >= 0.6 is 0 Å². The van der Waals surface area contributed by atoms with Gasteiger partial charge in [0, 0.05) is 6.42 Å². The smallest absolute Gasteiger partial charge is 0.325 e. The zero-order chi connectivity index (χ0) is 19.9. The molecule has 3 rings (SSSR count). The van der Waals surface area contributed by atoms with E-state index in [1.807, 2.05) is 43.3 Å². The van der Waals surface area contributed by atoms with E-state index in [4.69, 9.17) is 4.74 Å². The number of nitrogens with zero attached hydrogens (tertiary/aromatic N) is 1. The first-order valence-corrected chi connectivity index (χ1v) is 9.26. The highest BCUT2D eigenvalue weighted by molar-refractivity contribution is 6.08. The lowest BCUT2D eigenvalue weighted by atomic mass is 10.1. The summed E-state index contributed by atoms with van der Waals surface area (Å²) in [5, 5.41) is 5.36. The van der Waals surface area contributed by atoms with Crippen LogP contribution in [0.3, 0.4) is 0 Å². The van der Waals surface area contributed by atoms with E-state index in [2.05, 4.69) is 10.6 Å². The summed E-state index contributed by atoms with van der Waals surface area (Å²) in [5.41, 5.74) is 1.45. The Kier molecular flexibility index (Phi) is 6.26. The van der Waals surface area contributed by atoms with Crippen LogP contribution in [0.1, 0.15) is 18.9 Å². The van der Waals surface area contributed by atoms with Crippen LogP contribution in [-0.2, 0) is 16.0 Å². The van der Waals surface area contributed by atoms with Crippen molar-refractivity contribution >= 4 is 23.5 Å². The average molecular weight is 381 g/mol. The number of hydrogen-bond acceptors (Lipinski definition) is 4. The first kappa shape index (κ1) is 19.4. The topological polar surface area (TPSA) is 87.7 Å². The average Bonchev–Trinajstić information content (AvgIpc) is 2.95. The molecule has 2 aromatic carbocycles. The van der Waals surface area contributed by atoms with E-state index < -0.39 is 23.9 Å². The van der Waals surface area contributed by atoms with Gasteiger partial charge in [-0.25, -0.2) is 4.79 Å². The van der Waals surface area contributed by atoms with Crippen LogP contribution in [0, 0.1) is 0 Å². The van der Waals surface area contributed by atoms with Gasteiger partial charge in [0.15, 0.2) is 0 Å². The predicted molar refractivity (Wildman–Crippen MR) is 105 cm³/mol.